The molecule has 0 radical (unpaired) electrons. The zero-order valence-corrected chi connectivity index (χ0v) is 23.5. The average molecular weight is 586 g/mol. The zero-order chi connectivity index (χ0) is 28.4. The third kappa shape index (κ3) is 6.19. The van der Waals surface area contributed by atoms with Crippen LogP contribution in [0.2, 0.25) is 4.34 Å². The second-order valence-electron chi connectivity index (χ2n) is 9.86. The predicted molar refractivity (Wildman–Crippen MR) is 149 cm³/mol. The van der Waals surface area contributed by atoms with Crippen LogP contribution < -0.4 is 5.32 Å². The van der Waals surface area contributed by atoms with Crippen molar-refractivity contribution >= 4 is 51.8 Å². The van der Waals surface area contributed by atoms with E-state index >= 15 is 0 Å². The molecular weight excluding hydrogens is 558 g/mol. The van der Waals surface area contributed by atoms with Crippen LogP contribution in [0.3, 0.4) is 0 Å². The Balaban J connectivity index is 1.43. The first-order chi connectivity index (χ1) is 19.2. The lowest BCUT2D eigenvalue weighted by Crippen LogP contribution is -2.47. The number of likely N-dealkylation sites (tertiary alicyclic amines) is 1. The number of carbonyl (C=O) groups is 3. The molecule has 1 saturated heterocycles. The molecule has 4 heterocycles. The first-order valence-electron chi connectivity index (χ1n) is 12.8. The molecule has 40 heavy (non-hydrogen) atoms. The first kappa shape index (κ1) is 27.8. The zero-order valence-electron chi connectivity index (χ0n) is 21.9. The fourth-order valence-corrected chi connectivity index (χ4v) is 5.71. The van der Waals surface area contributed by atoms with Crippen molar-refractivity contribution in [2.24, 2.45) is 0 Å². The van der Waals surface area contributed by atoms with Crippen LogP contribution in [0, 0.1) is 0 Å². The molecule has 1 fully saturated rings. The summed E-state index contributed by atoms with van der Waals surface area (Å²) < 4.78 is 12.7. The van der Waals surface area contributed by atoms with Gasteiger partial charge in [0.1, 0.15) is 5.69 Å². The first-order valence-corrected chi connectivity index (χ1v) is 14.0. The van der Waals surface area contributed by atoms with Crippen LogP contribution >= 0.6 is 22.9 Å². The number of aromatic nitrogens is 3. The second-order valence-corrected chi connectivity index (χ2v) is 11.6. The number of carboxylic acid groups (broad SMARTS) is 1. The van der Waals surface area contributed by atoms with Crippen molar-refractivity contribution in [1.82, 2.24) is 24.9 Å². The molecule has 210 valence electrons. The van der Waals surface area contributed by atoms with E-state index in [-0.39, 0.29) is 29.9 Å². The van der Waals surface area contributed by atoms with Gasteiger partial charge in [-0.2, -0.15) is 0 Å². The fourth-order valence-electron chi connectivity index (χ4n) is 4.72. The van der Waals surface area contributed by atoms with Gasteiger partial charge in [0.25, 0.3) is 5.91 Å². The second kappa shape index (κ2) is 11.8. The topological polar surface area (TPSA) is 140 Å². The monoisotopic (exact) mass is 585 g/mol. The Morgan fingerprint density at radius 3 is 2.65 bits per heavy atom. The number of piperidine rings is 1. The number of fused-ring (bicyclic) bond motifs is 1. The number of hydrogen-bond donors (Lipinski definition) is 2. The summed E-state index contributed by atoms with van der Waals surface area (Å²) in [4.78, 5) is 44.4. The molecular formula is C27H28ClN5O6S. The van der Waals surface area contributed by atoms with Gasteiger partial charge in [-0.15, -0.1) is 11.3 Å². The van der Waals surface area contributed by atoms with E-state index in [0.29, 0.717) is 32.9 Å². The number of rotatable bonds is 9. The van der Waals surface area contributed by atoms with Gasteiger partial charge in [-0.3, -0.25) is 4.79 Å². The van der Waals surface area contributed by atoms with Crippen molar-refractivity contribution in [3.8, 4) is 10.6 Å². The van der Waals surface area contributed by atoms with Crippen LogP contribution in [-0.2, 0) is 16.1 Å². The van der Waals surface area contributed by atoms with Crippen LogP contribution in [0.15, 0.2) is 40.9 Å². The number of amides is 1. The number of ether oxygens (including phenoxy) is 1. The van der Waals surface area contributed by atoms with Gasteiger partial charge in [0, 0.05) is 31.2 Å². The smallest absolute Gasteiger partial charge is 0.341 e. The van der Waals surface area contributed by atoms with Crippen molar-refractivity contribution in [3.63, 3.8) is 0 Å². The van der Waals surface area contributed by atoms with Crippen LogP contribution in [0.4, 0.5) is 0 Å². The minimum absolute atomic E-state index is 0.0135. The van der Waals surface area contributed by atoms with Gasteiger partial charge in [-0.1, -0.05) is 16.8 Å². The van der Waals surface area contributed by atoms with Gasteiger partial charge in [0.15, 0.2) is 18.2 Å². The van der Waals surface area contributed by atoms with Crippen molar-refractivity contribution in [2.75, 3.05) is 19.7 Å². The maximum absolute atomic E-state index is 13.5. The third-order valence-electron chi connectivity index (χ3n) is 6.80. The van der Waals surface area contributed by atoms with E-state index < -0.39 is 18.5 Å². The van der Waals surface area contributed by atoms with Gasteiger partial charge in [0.05, 0.1) is 32.4 Å². The lowest BCUT2D eigenvalue weighted by Gasteiger charge is -2.34. The molecule has 2 N–H and O–H groups in total. The SMILES string of the molecule is CC(C)N1CCC(NC(=O)c2nc3cc(C(=O)OCC(=O)O)ccc3n2Cc2cc(-c3ccc(Cl)s3)on2)CC1. The molecule has 1 aliphatic rings. The molecule has 0 bridgehead atoms. The molecule has 13 heteroatoms. The molecule has 1 aromatic carbocycles. The van der Waals surface area contributed by atoms with Crippen LogP contribution in [0.5, 0.6) is 0 Å². The quantitative estimate of drug-likeness (QED) is 0.275. The molecule has 3 aromatic heterocycles. The van der Waals surface area contributed by atoms with Crippen molar-refractivity contribution < 1.29 is 28.8 Å². The molecule has 0 saturated carbocycles. The number of benzene rings is 1. The van der Waals surface area contributed by atoms with Crippen molar-refractivity contribution in [2.45, 2.75) is 45.3 Å². The summed E-state index contributed by atoms with van der Waals surface area (Å²) in [6.45, 7) is 5.56. The Bertz CT molecular complexity index is 1550. The molecule has 0 atom stereocenters. The van der Waals surface area contributed by atoms with Crippen LogP contribution in [0.25, 0.3) is 21.7 Å². The fraction of sp³-hybridized carbons (Fsp3) is 0.370. The number of esters is 1. The highest BCUT2D eigenvalue weighted by molar-refractivity contribution is 7.19. The Hall–Kier alpha value is -3.74. The standard InChI is InChI=1S/C27H28ClN5O6S/c1-15(2)32-9-7-17(8-10-32)29-26(36)25-30-19-11-16(27(37)38-14-24(34)35)3-4-20(19)33(25)13-18-12-21(39-31-18)22-5-6-23(28)40-22/h3-6,11-12,15,17H,7-10,13-14H2,1-2H3,(H,29,36)(H,34,35). The Morgan fingerprint density at radius 2 is 1.98 bits per heavy atom. The molecule has 0 aliphatic carbocycles. The van der Waals surface area contributed by atoms with Crippen molar-refractivity contribution in [1.29, 1.82) is 0 Å². The number of carbonyl (C=O) groups excluding carboxylic acids is 2. The Morgan fingerprint density at radius 1 is 1.20 bits per heavy atom. The molecule has 5 rings (SSSR count). The number of thiophene rings is 1. The average Bonchev–Trinajstić information content (AvgIpc) is 3.66. The van der Waals surface area contributed by atoms with Gasteiger partial charge < -0.3 is 29.2 Å². The molecule has 4 aromatic rings. The maximum Gasteiger partial charge on any atom is 0.341 e. The van der Waals surface area contributed by atoms with E-state index in [1.54, 1.807) is 22.8 Å². The minimum Gasteiger partial charge on any atom is -0.479 e. The van der Waals surface area contributed by atoms with Gasteiger partial charge in [0.2, 0.25) is 0 Å². The number of imidazole rings is 1. The number of hydrogen-bond acceptors (Lipinski definition) is 9. The summed E-state index contributed by atoms with van der Waals surface area (Å²) in [6.07, 6.45) is 1.67. The predicted octanol–water partition coefficient (Wildman–Crippen LogP) is 4.30. The molecule has 1 aliphatic heterocycles. The molecule has 0 spiro atoms. The summed E-state index contributed by atoms with van der Waals surface area (Å²) in [7, 11) is 0. The van der Waals surface area contributed by atoms with Crippen LogP contribution in [-0.4, -0.2) is 74.3 Å². The van der Waals surface area contributed by atoms with Crippen molar-refractivity contribution in [3.05, 3.63) is 57.8 Å². The van der Waals surface area contributed by atoms with E-state index in [2.05, 4.69) is 34.2 Å². The minimum atomic E-state index is -1.26. The number of nitrogens with one attached hydrogen (secondary N) is 1. The van der Waals surface area contributed by atoms with Gasteiger partial charge in [-0.25, -0.2) is 14.6 Å². The lowest BCUT2D eigenvalue weighted by molar-refractivity contribution is -0.140. The van der Waals surface area contributed by atoms with E-state index in [9.17, 15) is 14.4 Å². The summed E-state index contributed by atoms with van der Waals surface area (Å²) in [5, 5.41) is 16.1. The van der Waals surface area contributed by atoms with Gasteiger partial charge >= 0.3 is 11.9 Å². The largest absolute Gasteiger partial charge is 0.479 e. The highest BCUT2D eigenvalue weighted by Gasteiger charge is 2.26. The number of carboxylic acids is 1. The Labute approximate surface area is 238 Å². The van der Waals surface area contributed by atoms with E-state index in [4.69, 9.17) is 26.0 Å². The third-order valence-corrected chi connectivity index (χ3v) is 8.05. The normalized spacial score (nSPS) is 14.6. The van der Waals surface area contributed by atoms with Crippen LogP contribution in [0.1, 0.15) is 53.4 Å². The lowest BCUT2D eigenvalue weighted by atomic mass is 10.0. The molecule has 0 unspecified atom stereocenters. The number of halogens is 1. The van der Waals surface area contributed by atoms with E-state index in [0.717, 1.165) is 30.8 Å². The Kier molecular flexibility index (Phi) is 8.19. The summed E-state index contributed by atoms with van der Waals surface area (Å²) in [6, 6.07) is 10.5. The maximum atomic E-state index is 13.5. The summed E-state index contributed by atoms with van der Waals surface area (Å²) in [5.41, 5.74) is 1.68. The van der Waals surface area contributed by atoms with Gasteiger partial charge in [-0.05, 0) is 57.0 Å². The summed E-state index contributed by atoms with van der Waals surface area (Å²) >= 11 is 7.43. The molecule has 11 nitrogen and oxygen atoms in total. The highest BCUT2D eigenvalue weighted by Crippen LogP contribution is 2.32. The van der Waals surface area contributed by atoms with E-state index in [1.807, 2.05) is 6.07 Å². The highest BCUT2D eigenvalue weighted by atomic mass is 35.5. The summed E-state index contributed by atoms with van der Waals surface area (Å²) in [5.74, 6) is -1.65. The van der Waals surface area contributed by atoms with E-state index in [1.165, 1.54) is 23.5 Å². The number of nitrogens with zero attached hydrogens (tertiary/aromatic N) is 4. The molecule has 1 amide bonds. The number of aliphatic carboxylic acids is 1.